The summed E-state index contributed by atoms with van der Waals surface area (Å²) in [7, 11) is 1.62. The molecule has 1 amide bonds. The molecule has 0 aliphatic rings. The number of amides is 1. The first-order chi connectivity index (χ1) is 8.97. The van der Waals surface area contributed by atoms with Crippen molar-refractivity contribution in [1.82, 2.24) is 4.90 Å². The molecule has 2 aromatic rings. The summed E-state index contributed by atoms with van der Waals surface area (Å²) in [6, 6.07) is 4.81. The Bertz CT molecular complexity index is 589. The maximum absolute atomic E-state index is 13.1. The van der Waals surface area contributed by atoms with Crippen LogP contribution in [0.25, 0.3) is 0 Å². The molecule has 100 valence electrons. The number of thiophene rings is 1. The molecule has 0 atom stereocenters. The highest BCUT2D eigenvalue weighted by Gasteiger charge is 2.15. The number of carbonyl (C=O) groups excluding carboxylic acids is 1. The number of halogens is 2. The van der Waals surface area contributed by atoms with Gasteiger partial charge in [-0.2, -0.15) is 0 Å². The normalized spacial score (nSPS) is 10.5. The Labute approximate surface area is 114 Å². The third-order valence-corrected chi connectivity index (χ3v) is 3.81. The van der Waals surface area contributed by atoms with Gasteiger partial charge in [-0.15, -0.1) is 11.3 Å². The van der Waals surface area contributed by atoms with Crippen LogP contribution in [0.5, 0.6) is 0 Å². The highest BCUT2D eigenvalue weighted by atomic mass is 32.1. The van der Waals surface area contributed by atoms with Crippen LogP contribution in [-0.2, 0) is 6.54 Å². The summed E-state index contributed by atoms with van der Waals surface area (Å²) < 4.78 is 26.2. The van der Waals surface area contributed by atoms with E-state index in [4.69, 9.17) is 0 Å². The molecular weight excluding hydrogens is 268 g/mol. The van der Waals surface area contributed by atoms with Crippen LogP contribution in [0.3, 0.4) is 0 Å². The molecule has 2 rings (SSSR count). The predicted octanol–water partition coefficient (Wildman–Crippen LogP) is 3.61. The molecule has 0 N–H and O–H groups in total. The van der Waals surface area contributed by atoms with Gasteiger partial charge in [0, 0.05) is 23.6 Å². The first-order valence-corrected chi connectivity index (χ1v) is 6.60. The smallest absolute Gasteiger partial charge is 0.254 e. The van der Waals surface area contributed by atoms with Crippen LogP contribution < -0.4 is 0 Å². The second-order valence-corrected chi connectivity index (χ2v) is 5.35. The molecule has 0 fully saturated rings. The molecule has 0 saturated heterocycles. The van der Waals surface area contributed by atoms with Crippen LogP contribution in [0.4, 0.5) is 8.78 Å². The van der Waals surface area contributed by atoms with Gasteiger partial charge in [-0.05, 0) is 36.1 Å². The number of aryl methyl sites for hydroxylation is 1. The van der Waals surface area contributed by atoms with Gasteiger partial charge in [0.25, 0.3) is 5.91 Å². The Morgan fingerprint density at radius 2 is 1.89 bits per heavy atom. The summed E-state index contributed by atoms with van der Waals surface area (Å²) in [6.45, 7) is 2.40. The lowest BCUT2D eigenvalue weighted by atomic mass is 10.2. The van der Waals surface area contributed by atoms with E-state index in [1.807, 2.05) is 18.4 Å². The van der Waals surface area contributed by atoms with E-state index in [9.17, 15) is 13.6 Å². The van der Waals surface area contributed by atoms with Gasteiger partial charge >= 0.3 is 0 Å². The van der Waals surface area contributed by atoms with Gasteiger partial charge in [0.2, 0.25) is 0 Å². The second-order valence-electron chi connectivity index (χ2n) is 4.35. The van der Waals surface area contributed by atoms with Crippen LogP contribution in [-0.4, -0.2) is 17.9 Å². The number of carbonyl (C=O) groups is 1. The van der Waals surface area contributed by atoms with Gasteiger partial charge in [0.1, 0.15) is 11.6 Å². The summed E-state index contributed by atoms with van der Waals surface area (Å²) in [5, 5.41) is 1.95. The molecule has 0 unspecified atom stereocenters. The lowest BCUT2D eigenvalue weighted by molar-refractivity contribution is 0.0785. The third-order valence-electron chi connectivity index (χ3n) is 2.81. The minimum Gasteiger partial charge on any atom is -0.337 e. The Kier molecular flexibility index (Phi) is 3.95. The van der Waals surface area contributed by atoms with Crippen molar-refractivity contribution in [2.45, 2.75) is 13.5 Å². The number of hydrogen-bond donors (Lipinski definition) is 0. The minimum absolute atomic E-state index is 0.0224. The molecule has 1 aromatic carbocycles. The molecule has 2 nitrogen and oxygen atoms in total. The maximum Gasteiger partial charge on any atom is 0.254 e. The fourth-order valence-corrected chi connectivity index (χ4v) is 2.71. The van der Waals surface area contributed by atoms with E-state index in [-0.39, 0.29) is 5.56 Å². The topological polar surface area (TPSA) is 20.3 Å². The van der Waals surface area contributed by atoms with E-state index >= 15 is 0 Å². The van der Waals surface area contributed by atoms with Gasteiger partial charge in [0.15, 0.2) is 0 Å². The molecule has 1 aromatic heterocycles. The van der Waals surface area contributed by atoms with Gasteiger partial charge < -0.3 is 4.90 Å². The van der Waals surface area contributed by atoms with Crippen LogP contribution >= 0.6 is 11.3 Å². The predicted molar refractivity (Wildman–Crippen MR) is 71.2 cm³/mol. The minimum atomic E-state index is -0.746. The Morgan fingerprint density at radius 3 is 2.42 bits per heavy atom. The van der Waals surface area contributed by atoms with Crippen LogP contribution in [0.15, 0.2) is 29.6 Å². The van der Waals surface area contributed by atoms with Crippen molar-refractivity contribution in [3.63, 3.8) is 0 Å². The zero-order chi connectivity index (χ0) is 14.0. The monoisotopic (exact) mass is 281 g/mol. The fraction of sp³-hybridized carbons (Fsp3) is 0.214. The average molecular weight is 281 g/mol. The molecule has 0 bridgehead atoms. The van der Waals surface area contributed by atoms with Gasteiger partial charge in [-0.3, -0.25) is 4.79 Å². The van der Waals surface area contributed by atoms with Crippen LogP contribution in [0.2, 0.25) is 0 Å². The summed E-state index contributed by atoms with van der Waals surface area (Å²) in [5.74, 6) is -1.89. The molecule has 5 heteroatoms. The molecule has 0 aliphatic heterocycles. The first-order valence-electron chi connectivity index (χ1n) is 5.72. The van der Waals surface area contributed by atoms with Crippen molar-refractivity contribution in [3.8, 4) is 0 Å². The van der Waals surface area contributed by atoms with Crippen molar-refractivity contribution in [2.24, 2.45) is 0 Å². The largest absolute Gasteiger partial charge is 0.337 e. The highest BCUT2D eigenvalue weighted by molar-refractivity contribution is 7.10. The average Bonchev–Trinajstić information content (AvgIpc) is 2.72. The van der Waals surface area contributed by atoms with Gasteiger partial charge in [-0.1, -0.05) is 0 Å². The summed E-state index contributed by atoms with van der Waals surface area (Å²) in [4.78, 5) is 14.6. The van der Waals surface area contributed by atoms with Crippen molar-refractivity contribution < 1.29 is 13.6 Å². The fourth-order valence-electron chi connectivity index (χ4n) is 1.75. The number of hydrogen-bond acceptors (Lipinski definition) is 2. The lowest BCUT2D eigenvalue weighted by Gasteiger charge is -2.17. The molecule has 0 aliphatic carbocycles. The zero-order valence-electron chi connectivity index (χ0n) is 10.6. The molecular formula is C14H13F2NOS. The molecule has 0 saturated carbocycles. The SMILES string of the molecule is Cc1ccsc1CN(C)C(=O)c1cc(F)cc(F)c1. The molecule has 19 heavy (non-hydrogen) atoms. The van der Waals surface area contributed by atoms with E-state index in [2.05, 4.69) is 0 Å². The first kappa shape index (κ1) is 13.7. The quantitative estimate of drug-likeness (QED) is 0.841. The Morgan fingerprint density at radius 1 is 1.26 bits per heavy atom. The highest BCUT2D eigenvalue weighted by Crippen LogP contribution is 2.18. The van der Waals surface area contributed by atoms with Gasteiger partial charge in [-0.25, -0.2) is 8.78 Å². The number of rotatable bonds is 3. The zero-order valence-corrected chi connectivity index (χ0v) is 11.4. The third kappa shape index (κ3) is 3.17. The summed E-state index contributed by atoms with van der Waals surface area (Å²) in [6.07, 6.45) is 0. The van der Waals surface area contributed by atoms with E-state index in [1.165, 1.54) is 4.90 Å². The number of nitrogens with zero attached hydrogens (tertiary/aromatic N) is 1. The lowest BCUT2D eigenvalue weighted by Crippen LogP contribution is -2.26. The van der Waals surface area contributed by atoms with Crippen molar-refractivity contribution in [1.29, 1.82) is 0 Å². The summed E-state index contributed by atoms with van der Waals surface area (Å²) >= 11 is 1.55. The van der Waals surface area contributed by atoms with Crippen LogP contribution in [0.1, 0.15) is 20.8 Å². The van der Waals surface area contributed by atoms with E-state index < -0.39 is 17.5 Å². The molecule has 0 spiro atoms. The van der Waals surface area contributed by atoms with Crippen molar-refractivity contribution in [3.05, 3.63) is 57.3 Å². The molecule has 1 heterocycles. The Balaban J connectivity index is 2.17. The van der Waals surface area contributed by atoms with E-state index in [1.54, 1.807) is 18.4 Å². The van der Waals surface area contributed by atoms with Crippen LogP contribution in [0, 0.1) is 18.6 Å². The van der Waals surface area contributed by atoms with E-state index in [0.717, 1.165) is 28.6 Å². The van der Waals surface area contributed by atoms with Crippen molar-refractivity contribution >= 4 is 17.2 Å². The Hall–Kier alpha value is -1.75. The maximum atomic E-state index is 13.1. The van der Waals surface area contributed by atoms with E-state index in [0.29, 0.717) is 6.54 Å². The molecule has 0 radical (unpaired) electrons. The standard InChI is InChI=1S/C14H13F2NOS/c1-9-3-4-19-13(9)8-17(2)14(18)10-5-11(15)7-12(16)6-10/h3-7H,8H2,1-2H3. The second kappa shape index (κ2) is 5.48. The van der Waals surface area contributed by atoms with Crippen molar-refractivity contribution in [2.75, 3.05) is 7.05 Å². The summed E-state index contributed by atoms with van der Waals surface area (Å²) in [5.41, 5.74) is 1.13. The van der Waals surface area contributed by atoms with Gasteiger partial charge in [0.05, 0.1) is 6.54 Å². The number of benzene rings is 1.